The van der Waals surface area contributed by atoms with Gasteiger partial charge in [0.05, 0.1) is 0 Å². The Balaban J connectivity index is 2.38. The van der Waals surface area contributed by atoms with E-state index < -0.39 is 5.60 Å². The molecule has 2 atom stereocenters. The number of thioether (sulfide) groups is 1. The zero-order valence-electron chi connectivity index (χ0n) is 14.3. The molecule has 1 saturated heterocycles. The van der Waals surface area contributed by atoms with Gasteiger partial charge < -0.3 is 15.0 Å². The third-order valence-corrected chi connectivity index (χ3v) is 4.51. The van der Waals surface area contributed by atoms with E-state index >= 15 is 0 Å². The Kier molecular flexibility index (Phi) is 7.88. The largest absolute Gasteiger partial charge is 0.444 e. The molecule has 0 aromatic carbocycles. The second-order valence-corrected chi connectivity index (χ2v) is 7.90. The zero-order chi connectivity index (χ0) is 15.9. The minimum absolute atomic E-state index is 0.165. The van der Waals surface area contributed by atoms with E-state index in [0.717, 1.165) is 26.1 Å². The van der Waals surface area contributed by atoms with Crippen molar-refractivity contribution >= 4 is 17.9 Å². The highest BCUT2D eigenvalue weighted by atomic mass is 32.2. The smallest absolute Gasteiger partial charge is 0.410 e. The van der Waals surface area contributed by atoms with Gasteiger partial charge in [0.2, 0.25) is 0 Å². The number of carbonyl (C=O) groups is 1. The van der Waals surface area contributed by atoms with Gasteiger partial charge in [0.1, 0.15) is 5.60 Å². The third kappa shape index (κ3) is 7.41. The quantitative estimate of drug-likeness (QED) is 0.763. The van der Waals surface area contributed by atoms with Gasteiger partial charge in [0, 0.05) is 19.1 Å². The Morgan fingerprint density at radius 3 is 2.81 bits per heavy atom. The summed E-state index contributed by atoms with van der Waals surface area (Å²) >= 11 is 1.89. The number of carbonyl (C=O) groups excluding carboxylic acids is 1. The Morgan fingerprint density at radius 2 is 2.19 bits per heavy atom. The maximum Gasteiger partial charge on any atom is 0.410 e. The molecule has 1 rings (SSSR count). The van der Waals surface area contributed by atoms with Crippen molar-refractivity contribution in [2.75, 3.05) is 31.6 Å². The van der Waals surface area contributed by atoms with Crippen molar-refractivity contribution in [3.8, 4) is 0 Å². The number of hydrogen-bond donors (Lipinski definition) is 1. The van der Waals surface area contributed by atoms with Crippen LogP contribution in [0.25, 0.3) is 0 Å². The topological polar surface area (TPSA) is 41.6 Å². The monoisotopic (exact) mass is 316 g/mol. The molecule has 1 aliphatic rings. The molecule has 1 N–H and O–H groups in total. The normalized spacial score (nSPS) is 21.2. The summed E-state index contributed by atoms with van der Waals surface area (Å²) in [6, 6.07) is 0.456. The first-order chi connectivity index (χ1) is 9.83. The molecule has 0 aliphatic carbocycles. The molecule has 1 aliphatic heterocycles. The van der Waals surface area contributed by atoms with Gasteiger partial charge in [-0.3, -0.25) is 0 Å². The van der Waals surface area contributed by atoms with Crippen LogP contribution in [0.5, 0.6) is 0 Å². The first-order valence-corrected chi connectivity index (χ1v) is 9.43. The molecule has 0 aromatic rings. The van der Waals surface area contributed by atoms with Gasteiger partial charge in [-0.25, -0.2) is 4.79 Å². The maximum absolute atomic E-state index is 12.2. The van der Waals surface area contributed by atoms with Crippen molar-refractivity contribution in [3.05, 3.63) is 0 Å². The van der Waals surface area contributed by atoms with Crippen LogP contribution in [0.15, 0.2) is 0 Å². The Bertz CT molecular complexity index is 318. The van der Waals surface area contributed by atoms with Crippen molar-refractivity contribution in [3.63, 3.8) is 0 Å². The van der Waals surface area contributed by atoms with Crippen LogP contribution in [0.4, 0.5) is 4.79 Å². The molecule has 5 heteroatoms. The number of piperidine rings is 1. The third-order valence-electron chi connectivity index (χ3n) is 3.81. The molecule has 0 spiro atoms. The van der Waals surface area contributed by atoms with Gasteiger partial charge in [-0.2, -0.15) is 11.8 Å². The summed E-state index contributed by atoms with van der Waals surface area (Å²) in [6.07, 6.45) is 5.44. The molecule has 1 fully saturated rings. The predicted octanol–water partition coefficient (Wildman–Crippen LogP) is 3.36. The SMILES string of the molecule is CSCCCNC(C)C1CCCN(C(=O)OC(C)(C)C)C1. The Labute approximate surface area is 134 Å². The lowest BCUT2D eigenvalue weighted by atomic mass is 9.92. The van der Waals surface area contributed by atoms with E-state index in [0.29, 0.717) is 12.0 Å². The van der Waals surface area contributed by atoms with Crippen LogP contribution < -0.4 is 5.32 Å². The molecular weight excluding hydrogens is 284 g/mol. The fraction of sp³-hybridized carbons (Fsp3) is 0.938. The summed E-state index contributed by atoms with van der Waals surface area (Å²) in [4.78, 5) is 14.0. The number of amides is 1. The molecule has 2 unspecified atom stereocenters. The number of nitrogens with zero attached hydrogens (tertiary/aromatic N) is 1. The van der Waals surface area contributed by atoms with Crippen molar-refractivity contribution in [2.24, 2.45) is 5.92 Å². The highest BCUT2D eigenvalue weighted by Crippen LogP contribution is 2.21. The molecule has 124 valence electrons. The summed E-state index contributed by atoms with van der Waals surface area (Å²) in [5.41, 5.74) is -0.411. The minimum Gasteiger partial charge on any atom is -0.444 e. The highest BCUT2D eigenvalue weighted by molar-refractivity contribution is 7.98. The van der Waals surface area contributed by atoms with Crippen LogP contribution in [0, 0.1) is 5.92 Å². The van der Waals surface area contributed by atoms with Crippen LogP contribution in [0.3, 0.4) is 0 Å². The average molecular weight is 317 g/mol. The van der Waals surface area contributed by atoms with Crippen LogP contribution in [0.1, 0.15) is 47.0 Å². The first-order valence-electron chi connectivity index (χ1n) is 8.03. The molecular formula is C16H32N2O2S. The Hall–Kier alpha value is -0.420. The lowest BCUT2D eigenvalue weighted by Crippen LogP contribution is -2.48. The van der Waals surface area contributed by atoms with Gasteiger partial charge in [-0.05, 0) is 71.4 Å². The van der Waals surface area contributed by atoms with Gasteiger partial charge in [0.15, 0.2) is 0 Å². The van der Waals surface area contributed by atoms with Crippen molar-refractivity contribution in [1.29, 1.82) is 0 Å². The van der Waals surface area contributed by atoms with Crippen molar-refractivity contribution in [2.45, 2.75) is 58.6 Å². The summed E-state index contributed by atoms with van der Waals surface area (Å²) in [7, 11) is 0. The molecule has 21 heavy (non-hydrogen) atoms. The highest BCUT2D eigenvalue weighted by Gasteiger charge is 2.29. The van der Waals surface area contributed by atoms with Gasteiger partial charge >= 0.3 is 6.09 Å². The number of rotatable bonds is 6. The van der Waals surface area contributed by atoms with E-state index in [-0.39, 0.29) is 6.09 Å². The van der Waals surface area contributed by atoms with E-state index in [1.54, 1.807) is 0 Å². The summed E-state index contributed by atoms with van der Waals surface area (Å²) in [5, 5.41) is 3.60. The van der Waals surface area contributed by atoms with Crippen LogP contribution in [-0.2, 0) is 4.74 Å². The fourth-order valence-electron chi connectivity index (χ4n) is 2.62. The second kappa shape index (κ2) is 8.89. The van der Waals surface area contributed by atoms with Crippen LogP contribution in [-0.4, -0.2) is 54.3 Å². The predicted molar refractivity (Wildman–Crippen MR) is 91.0 cm³/mol. The molecule has 4 nitrogen and oxygen atoms in total. The maximum atomic E-state index is 12.2. The lowest BCUT2D eigenvalue weighted by molar-refractivity contribution is 0.0148. The molecule has 1 amide bonds. The van der Waals surface area contributed by atoms with Gasteiger partial charge in [0.25, 0.3) is 0 Å². The fourth-order valence-corrected chi connectivity index (χ4v) is 3.06. The van der Waals surface area contributed by atoms with Gasteiger partial charge in [-0.1, -0.05) is 0 Å². The first kappa shape index (κ1) is 18.6. The number of likely N-dealkylation sites (tertiary alicyclic amines) is 1. The molecule has 0 saturated carbocycles. The van der Waals surface area contributed by atoms with Crippen LogP contribution >= 0.6 is 11.8 Å². The number of hydrogen-bond acceptors (Lipinski definition) is 4. The molecule has 0 aromatic heterocycles. The summed E-state index contributed by atoms with van der Waals surface area (Å²) in [5.74, 6) is 1.73. The van der Waals surface area contributed by atoms with Crippen molar-refractivity contribution in [1.82, 2.24) is 10.2 Å². The standard InChI is InChI=1S/C16H32N2O2S/c1-13(17-9-7-11-21-5)14-8-6-10-18(12-14)15(19)20-16(2,3)4/h13-14,17H,6-12H2,1-5H3. The zero-order valence-corrected chi connectivity index (χ0v) is 15.1. The van der Waals surface area contributed by atoms with E-state index in [2.05, 4.69) is 18.5 Å². The second-order valence-electron chi connectivity index (χ2n) is 6.92. The van der Waals surface area contributed by atoms with Crippen molar-refractivity contribution < 1.29 is 9.53 Å². The van der Waals surface area contributed by atoms with E-state index in [9.17, 15) is 4.79 Å². The molecule has 0 bridgehead atoms. The van der Waals surface area contributed by atoms with E-state index in [1.165, 1.54) is 18.6 Å². The number of nitrogens with one attached hydrogen (secondary N) is 1. The molecule has 0 radical (unpaired) electrons. The Morgan fingerprint density at radius 1 is 1.48 bits per heavy atom. The lowest BCUT2D eigenvalue weighted by Gasteiger charge is -2.36. The summed E-state index contributed by atoms with van der Waals surface area (Å²) in [6.45, 7) is 10.7. The molecule has 1 heterocycles. The average Bonchev–Trinajstić information content (AvgIpc) is 2.41. The van der Waals surface area contributed by atoms with Gasteiger partial charge in [-0.15, -0.1) is 0 Å². The van der Waals surface area contributed by atoms with E-state index in [1.807, 2.05) is 37.4 Å². The summed E-state index contributed by atoms with van der Waals surface area (Å²) < 4.78 is 5.48. The number of ether oxygens (including phenoxy) is 1. The minimum atomic E-state index is -0.411. The van der Waals surface area contributed by atoms with E-state index in [4.69, 9.17) is 4.74 Å². The van der Waals surface area contributed by atoms with Crippen LogP contribution in [0.2, 0.25) is 0 Å².